The van der Waals surface area contributed by atoms with Gasteiger partial charge in [-0.05, 0) is 25.3 Å². The lowest BCUT2D eigenvalue weighted by Crippen LogP contribution is -2.38. The minimum absolute atomic E-state index is 0.0867. The van der Waals surface area contributed by atoms with Crippen LogP contribution in [0.3, 0.4) is 0 Å². The van der Waals surface area contributed by atoms with Gasteiger partial charge in [0.15, 0.2) is 15.8 Å². The molecule has 0 aliphatic heterocycles. The highest BCUT2D eigenvalue weighted by Crippen LogP contribution is 2.13. The number of nitrogens with zero attached hydrogens (tertiary/aromatic N) is 2. The van der Waals surface area contributed by atoms with E-state index in [1.807, 2.05) is 43.5 Å². The van der Waals surface area contributed by atoms with Gasteiger partial charge in [0, 0.05) is 37.1 Å². The molecule has 1 heterocycles. The maximum absolute atomic E-state index is 12.2. The lowest BCUT2D eigenvalue weighted by atomic mass is 10.2. The highest BCUT2D eigenvalue weighted by atomic mass is 32.2. The largest absolute Gasteiger partial charge is 0.357 e. The molecule has 0 unspecified atom stereocenters. The van der Waals surface area contributed by atoms with E-state index in [4.69, 9.17) is 0 Å². The number of benzene rings is 1. The van der Waals surface area contributed by atoms with Crippen molar-refractivity contribution in [3.8, 4) is 0 Å². The summed E-state index contributed by atoms with van der Waals surface area (Å²) < 4.78 is 24.5. The summed E-state index contributed by atoms with van der Waals surface area (Å²) in [4.78, 5) is 10.2. The first kappa shape index (κ1) is 22.4. The van der Waals surface area contributed by atoms with E-state index in [1.165, 1.54) is 4.88 Å². The van der Waals surface area contributed by atoms with E-state index in [-0.39, 0.29) is 11.5 Å². The Kier molecular flexibility index (Phi) is 9.43. The molecule has 28 heavy (non-hydrogen) atoms. The predicted molar refractivity (Wildman–Crippen MR) is 118 cm³/mol. The Morgan fingerprint density at radius 3 is 2.64 bits per heavy atom. The molecule has 0 saturated heterocycles. The van der Waals surface area contributed by atoms with E-state index in [0.717, 1.165) is 42.5 Å². The van der Waals surface area contributed by atoms with E-state index in [0.29, 0.717) is 13.0 Å². The molecule has 0 spiro atoms. The van der Waals surface area contributed by atoms with Crippen molar-refractivity contribution in [1.29, 1.82) is 0 Å². The Hall–Kier alpha value is -1.93. The van der Waals surface area contributed by atoms with Crippen LogP contribution in [0.15, 0.2) is 41.5 Å². The van der Waals surface area contributed by atoms with Crippen LogP contribution in [0.1, 0.15) is 35.7 Å². The van der Waals surface area contributed by atoms with E-state index in [9.17, 15) is 8.42 Å². The lowest BCUT2D eigenvalue weighted by molar-refractivity contribution is 0.592. The van der Waals surface area contributed by atoms with Gasteiger partial charge in [0.1, 0.15) is 0 Å². The minimum Gasteiger partial charge on any atom is -0.357 e. The van der Waals surface area contributed by atoms with Crippen LogP contribution in [0.25, 0.3) is 0 Å². The molecule has 2 N–H and O–H groups in total. The molecule has 0 saturated carbocycles. The van der Waals surface area contributed by atoms with Crippen LogP contribution in [0.4, 0.5) is 0 Å². The second-order valence-electron chi connectivity index (χ2n) is 6.44. The van der Waals surface area contributed by atoms with Crippen LogP contribution in [-0.2, 0) is 28.4 Å². The quantitative estimate of drug-likeness (QED) is 0.330. The van der Waals surface area contributed by atoms with Crippen molar-refractivity contribution in [3.63, 3.8) is 0 Å². The first-order chi connectivity index (χ1) is 13.5. The van der Waals surface area contributed by atoms with E-state index in [2.05, 4.69) is 27.5 Å². The molecule has 0 aliphatic rings. The summed E-state index contributed by atoms with van der Waals surface area (Å²) in [5.74, 6) is 0.947. The Labute approximate surface area is 172 Å². The summed E-state index contributed by atoms with van der Waals surface area (Å²) in [5, 5.41) is 7.60. The zero-order valence-electron chi connectivity index (χ0n) is 16.6. The van der Waals surface area contributed by atoms with Crippen LogP contribution >= 0.6 is 11.3 Å². The van der Waals surface area contributed by atoms with Crippen molar-refractivity contribution in [2.75, 3.05) is 25.4 Å². The summed E-state index contributed by atoms with van der Waals surface area (Å²) in [7, 11) is -3.12. The molecular formula is C20H30N4O2S2. The molecule has 8 heteroatoms. The third kappa shape index (κ3) is 8.39. The fourth-order valence-electron chi connectivity index (χ4n) is 2.63. The van der Waals surface area contributed by atoms with Crippen LogP contribution < -0.4 is 10.6 Å². The predicted octanol–water partition coefficient (Wildman–Crippen LogP) is 2.81. The SMILES string of the molecule is CCNC(=NCCCS(=O)(=O)Cc1ccccc1)NCCc1ncc(CC)s1. The van der Waals surface area contributed by atoms with Gasteiger partial charge in [0.25, 0.3) is 0 Å². The van der Waals surface area contributed by atoms with Crippen LogP contribution in [-0.4, -0.2) is 44.7 Å². The van der Waals surface area contributed by atoms with Gasteiger partial charge >= 0.3 is 0 Å². The van der Waals surface area contributed by atoms with Gasteiger partial charge in [0.05, 0.1) is 16.5 Å². The van der Waals surface area contributed by atoms with Crippen molar-refractivity contribution >= 4 is 27.1 Å². The average molecular weight is 423 g/mol. The molecule has 0 radical (unpaired) electrons. The van der Waals surface area contributed by atoms with E-state index in [1.54, 1.807) is 11.3 Å². The number of guanidine groups is 1. The summed E-state index contributed by atoms with van der Waals surface area (Å²) in [6, 6.07) is 9.29. The monoisotopic (exact) mass is 422 g/mol. The van der Waals surface area contributed by atoms with Crippen molar-refractivity contribution < 1.29 is 8.42 Å². The Morgan fingerprint density at radius 2 is 1.96 bits per heavy atom. The van der Waals surface area contributed by atoms with E-state index >= 15 is 0 Å². The molecule has 1 aromatic carbocycles. The van der Waals surface area contributed by atoms with Gasteiger partial charge in [-0.1, -0.05) is 37.3 Å². The van der Waals surface area contributed by atoms with Crippen LogP contribution in [0, 0.1) is 0 Å². The molecule has 0 bridgehead atoms. The smallest absolute Gasteiger partial charge is 0.191 e. The molecule has 0 amide bonds. The average Bonchev–Trinajstić information content (AvgIpc) is 3.13. The first-order valence-corrected chi connectivity index (χ1v) is 12.4. The maximum atomic E-state index is 12.2. The van der Waals surface area contributed by atoms with Gasteiger partial charge in [-0.15, -0.1) is 11.3 Å². The number of hydrogen-bond donors (Lipinski definition) is 2. The fraction of sp³-hybridized carbons (Fsp3) is 0.500. The normalized spacial score (nSPS) is 12.1. The molecule has 6 nitrogen and oxygen atoms in total. The standard InChI is InChI=1S/C20H30N4O2S2/c1-3-18-15-24-19(27-18)11-13-23-20(21-4-2)22-12-8-14-28(25,26)16-17-9-6-5-7-10-17/h5-7,9-10,15H,3-4,8,11-14,16H2,1-2H3,(H2,21,22,23). The van der Waals surface area contributed by atoms with Gasteiger partial charge in [-0.2, -0.15) is 0 Å². The molecule has 2 rings (SSSR count). The van der Waals surface area contributed by atoms with Gasteiger partial charge in [-0.3, -0.25) is 4.99 Å². The second-order valence-corrected chi connectivity index (χ2v) is 9.83. The maximum Gasteiger partial charge on any atom is 0.191 e. The fourth-order valence-corrected chi connectivity index (χ4v) is 4.91. The van der Waals surface area contributed by atoms with Gasteiger partial charge in [-0.25, -0.2) is 13.4 Å². The molecule has 0 fully saturated rings. The Balaban J connectivity index is 1.75. The zero-order chi connectivity index (χ0) is 20.2. The highest BCUT2D eigenvalue weighted by molar-refractivity contribution is 7.90. The zero-order valence-corrected chi connectivity index (χ0v) is 18.3. The van der Waals surface area contributed by atoms with Crippen LogP contribution in [0.5, 0.6) is 0 Å². The molecule has 154 valence electrons. The van der Waals surface area contributed by atoms with E-state index < -0.39 is 9.84 Å². The molecule has 0 aliphatic carbocycles. The lowest BCUT2D eigenvalue weighted by Gasteiger charge is -2.10. The van der Waals surface area contributed by atoms with Crippen molar-refractivity contribution in [3.05, 3.63) is 52.0 Å². The van der Waals surface area contributed by atoms with Crippen molar-refractivity contribution in [2.24, 2.45) is 4.99 Å². The first-order valence-electron chi connectivity index (χ1n) is 9.72. The minimum atomic E-state index is -3.12. The number of hydrogen-bond acceptors (Lipinski definition) is 5. The number of thiazole rings is 1. The van der Waals surface area contributed by atoms with Crippen molar-refractivity contribution in [1.82, 2.24) is 15.6 Å². The summed E-state index contributed by atoms with van der Waals surface area (Å²) in [6.45, 7) is 6.12. The summed E-state index contributed by atoms with van der Waals surface area (Å²) in [5.41, 5.74) is 0.828. The number of aryl methyl sites for hydroxylation is 1. The van der Waals surface area contributed by atoms with Crippen molar-refractivity contribution in [2.45, 2.75) is 38.9 Å². The second kappa shape index (κ2) is 11.8. The number of sulfone groups is 1. The van der Waals surface area contributed by atoms with Gasteiger partial charge < -0.3 is 10.6 Å². The van der Waals surface area contributed by atoms with Crippen LogP contribution in [0.2, 0.25) is 0 Å². The van der Waals surface area contributed by atoms with Gasteiger partial charge in [0.2, 0.25) is 0 Å². The number of nitrogens with one attached hydrogen (secondary N) is 2. The molecule has 2 aromatic rings. The third-order valence-electron chi connectivity index (χ3n) is 4.04. The number of rotatable bonds is 11. The Bertz CT molecular complexity index is 833. The number of aliphatic imine (C=N–C) groups is 1. The topological polar surface area (TPSA) is 83.5 Å². The molecule has 1 aromatic heterocycles. The summed E-state index contributed by atoms with van der Waals surface area (Å²) in [6.07, 6.45) is 4.32. The molecule has 0 atom stereocenters. The third-order valence-corrected chi connectivity index (χ3v) is 6.92. The number of aromatic nitrogens is 1. The highest BCUT2D eigenvalue weighted by Gasteiger charge is 2.11. The molecular weight excluding hydrogens is 392 g/mol. The summed E-state index contributed by atoms with van der Waals surface area (Å²) >= 11 is 1.74. The Morgan fingerprint density at radius 1 is 1.18 bits per heavy atom.